The number of nitrogens with two attached hydrogens (primary N) is 1. The number of hydrogen-bond acceptors (Lipinski definition) is 4. The Bertz CT molecular complexity index is 1010. The van der Waals surface area contributed by atoms with Crippen molar-refractivity contribution in [1.29, 1.82) is 0 Å². The van der Waals surface area contributed by atoms with Gasteiger partial charge in [0.15, 0.2) is 5.78 Å². The Hall–Kier alpha value is -2.21. The third kappa shape index (κ3) is 2.74. The van der Waals surface area contributed by atoms with Crippen molar-refractivity contribution in [2.24, 2.45) is 5.73 Å². The van der Waals surface area contributed by atoms with Gasteiger partial charge in [0, 0.05) is 23.9 Å². The average molecular weight is 378 g/mol. The van der Waals surface area contributed by atoms with Crippen molar-refractivity contribution in [3.63, 3.8) is 0 Å². The van der Waals surface area contributed by atoms with E-state index in [0.717, 1.165) is 5.56 Å². The van der Waals surface area contributed by atoms with Crippen LogP contribution in [0.3, 0.4) is 0 Å². The smallest absolute Gasteiger partial charge is 0.260 e. The van der Waals surface area contributed by atoms with Gasteiger partial charge in [0.05, 0.1) is 22.2 Å². The summed E-state index contributed by atoms with van der Waals surface area (Å²) >= 11 is 0. The molecular weight excluding hydrogens is 361 g/mol. The third-order valence-corrected chi connectivity index (χ3v) is 4.27. The largest absolute Gasteiger partial charge is 0.330 e. The topological polar surface area (TPSA) is 78.0 Å². The molecule has 0 atom stereocenters. The summed E-state index contributed by atoms with van der Waals surface area (Å²) in [6.07, 6.45) is 2.29. The van der Waals surface area contributed by atoms with E-state index in [-0.39, 0.29) is 36.2 Å². The zero-order chi connectivity index (χ0) is 16.0. The first kappa shape index (κ1) is 19.1. The van der Waals surface area contributed by atoms with Gasteiger partial charge < -0.3 is 10.3 Å². The molecule has 1 aromatic carbocycles. The van der Waals surface area contributed by atoms with Crippen LogP contribution in [0.1, 0.15) is 22.3 Å². The average Bonchev–Trinajstić information content (AvgIpc) is 2.89. The summed E-state index contributed by atoms with van der Waals surface area (Å²) in [5, 5.41) is 0.476. The van der Waals surface area contributed by atoms with Crippen molar-refractivity contribution in [2.75, 3.05) is 6.54 Å². The maximum Gasteiger partial charge on any atom is 0.260 e. The lowest BCUT2D eigenvalue weighted by atomic mass is 10.1. The van der Waals surface area contributed by atoms with Crippen molar-refractivity contribution >= 4 is 41.5 Å². The summed E-state index contributed by atoms with van der Waals surface area (Å²) in [4.78, 5) is 30.1. The van der Waals surface area contributed by atoms with Gasteiger partial charge in [-0.25, -0.2) is 0 Å². The molecule has 5 nitrogen and oxygen atoms in total. The number of benzene rings is 1. The SMILES string of the molecule is Cl.Cl.NCCCn1c2c(c3ncccc3c1=O)C(=O)c1ccccc1-2. The second-order valence-corrected chi connectivity index (χ2v) is 5.60. The molecule has 0 radical (unpaired) electrons. The summed E-state index contributed by atoms with van der Waals surface area (Å²) in [6, 6.07) is 10.8. The Balaban J connectivity index is 0.00000113. The van der Waals surface area contributed by atoms with Crippen LogP contribution in [0, 0.1) is 0 Å². The molecule has 1 aliphatic rings. The third-order valence-electron chi connectivity index (χ3n) is 4.27. The Labute approximate surface area is 156 Å². The Kier molecular flexibility index (Phi) is 5.62. The van der Waals surface area contributed by atoms with Gasteiger partial charge >= 0.3 is 0 Å². The monoisotopic (exact) mass is 377 g/mol. The van der Waals surface area contributed by atoms with E-state index in [1.54, 1.807) is 29.0 Å². The van der Waals surface area contributed by atoms with Crippen molar-refractivity contribution in [2.45, 2.75) is 13.0 Å². The lowest BCUT2D eigenvalue weighted by Gasteiger charge is -2.14. The highest BCUT2D eigenvalue weighted by atomic mass is 35.5. The highest BCUT2D eigenvalue weighted by Gasteiger charge is 2.32. The minimum Gasteiger partial charge on any atom is -0.330 e. The second kappa shape index (κ2) is 7.35. The molecular formula is C18H17Cl2N3O2. The normalized spacial score (nSPS) is 11.5. The van der Waals surface area contributed by atoms with Crippen molar-refractivity contribution in [3.8, 4) is 11.3 Å². The Morgan fingerprint density at radius 2 is 1.72 bits per heavy atom. The van der Waals surface area contributed by atoms with Crippen LogP contribution in [0.15, 0.2) is 47.4 Å². The maximum atomic E-state index is 12.9. The Morgan fingerprint density at radius 1 is 1.00 bits per heavy atom. The predicted molar refractivity (Wildman–Crippen MR) is 103 cm³/mol. The molecule has 0 fully saturated rings. The first-order chi connectivity index (χ1) is 11.2. The fourth-order valence-electron chi connectivity index (χ4n) is 3.25. The van der Waals surface area contributed by atoms with E-state index in [4.69, 9.17) is 5.73 Å². The molecule has 0 spiro atoms. The van der Waals surface area contributed by atoms with E-state index >= 15 is 0 Å². The second-order valence-electron chi connectivity index (χ2n) is 5.60. The van der Waals surface area contributed by atoms with Gasteiger partial charge in [0.1, 0.15) is 0 Å². The zero-order valence-electron chi connectivity index (χ0n) is 13.3. The number of ketones is 1. The first-order valence-corrected chi connectivity index (χ1v) is 7.59. The number of halogens is 2. The van der Waals surface area contributed by atoms with Crippen LogP contribution in [-0.2, 0) is 6.54 Å². The van der Waals surface area contributed by atoms with Crippen LogP contribution in [0.25, 0.3) is 22.2 Å². The molecule has 0 saturated carbocycles. The minimum absolute atomic E-state index is 0. The summed E-state index contributed by atoms with van der Waals surface area (Å²) in [7, 11) is 0. The standard InChI is InChI=1S/C18H15N3O2.2ClH/c19-8-4-10-21-16-11-5-1-2-6-12(11)17(22)14(16)15-13(18(21)23)7-3-9-20-15;;/h1-3,5-7,9H,4,8,10,19H2;2*1H. The van der Waals surface area contributed by atoms with E-state index in [9.17, 15) is 9.59 Å². The molecule has 0 unspecified atom stereocenters. The molecule has 25 heavy (non-hydrogen) atoms. The number of rotatable bonds is 3. The van der Waals surface area contributed by atoms with Crippen LogP contribution >= 0.6 is 24.8 Å². The van der Waals surface area contributed by atoms with Gasteiger partial charge in [0.25, 0.3) is 5.56 Å². The molecule has 4 rings (SSSR count). The minimum atomic E-state index is -0.121. The fourth-order valence-corrected chi connectivity index (χ4v) is 3.25. The van der Waals surface area contributed by atoms with Crippen molar-refractivity contribution in [3.05, 3.63) is 64.1 Å². The van der Waals surface area contributed by atoms with E-state index in [0.29, 0.717) is 47.2 Å². The molecule has 0 amide bonds. The fraction of sp³-hybridized carbons (Fsp3) is 0.167. The van der Waals surface area contributed by atoms with Gasteiger partial charge in [-0.15, -0.1) is 24.8 Å². The highest BCUT2D eigenvalue weighted by molar-refractivity contribution is 6.26. The number of aromatic nitrogens is 2. The number of fused-ring (bicyclic) bond motifs is 5. The van der Waals surface area contributed by atoms with Crippen LogP contribution in [0.2, 0.25) is 0 Å². The lowest BCUT2D eigenvalue weighted by Crippen LogP contribution is -2.24. The van der Waals surface area contributed by atoms with E-state index in [1.807, 2.05) is 18.2 Å². The zero-order valence-corrected chi connectivity index (χ0v) is 14.9. The molecule has 0 aliphatic heterocycles. The maximum absolute atomic E-state index is 12.9. The van der Waals surface area contributed by atoms with Crippen LogP contribution in [-0.4, -0.2) is 21.9 Å². The highest BCUT2D eigenvalue weighted by Crippen LogP contribution is 2.38. The van der Waals surface area contributed by atoms with Gasteiger partial charge in [-0.05, 0) is 25.1 Å². The summed E-state index contributed by atoms with van der Waals surface area (Å²) in [5.41, 5.74) is 8.60. The lowest BCUT2D eigenvalue weighted by molar-refractivity contribution is 0.104. The molecule has 2 N–H and O–H groups in total. The van der Waals surface area contributed by atoms with Crippen LogP contribution < -0.4 is 11.3 Å². The van der Waals surface area contributed by atoms with Gasteiger partial charge in [-0.1, -0.05) is 24.3 Å². The number of carbonyl (C=O) groups excluding carboxylic acids is 1. The van der Waals surface area contributed by atoms with E-state index in [1.165, 1.54) is 0 Å². The molecule has 130 valence electrons. The van der Waals surface area contributed by atoms with E-state index < -0.39 is 0 Å². The molecule has 0 saturated heterocycles. The summed E-state index contributed by atoms with van der Waals surface area (Å²) in [6.45, 7) is 0.978. The molecule has 7 heteroatoms. The number of carbonyl (C=O) groups is 1. The molecule has 1 aliphatic carbocycles. The number of pyridine rings is 2. The van der Waals surface area contributed by atoms with Crippen molar-refractivity contribution < 1.29 is 4.79 Å². The van der Waals surface area contributed by atoms with Crippen LogP contribution in [0.5, 0.6) is 0 Å². The molecule has 2 aromatic heterocycles. The summed E-state index contributed by atoms with van der Waals surface area (Å²) in [5.74, 6) is -0.0687. The molecule has 0 bridgehead atoms. The van der Waals surface area contributed by atoms with Gasteiger partial charge in [0.2, 0.25) is 0 Å². The molecule has 3 aromatic rings. The Morgan fingerprint density at radius 3 is 2.44 bits per heavy atom. The first-order valence-electron chi connectivity index (χ1n) is 7.59. The summed E-state index contributed by atoms with van der Waals surface area (Å²) < 4.78 is 1.68. The van der Waals surface area contributed by atoms with Crippen molar-refractivity contribution in [1.82, 2.24) is 9.55 Å². The van der Waals surface area contributed by atoms with Crippen LogP contribution in [0.4, 0.5) is 0 Å². The van der Waals surface area contributed by atoms with E-state index in [2.05, 4.69) is 4.98 Å². The van der Waals surface area contributed by atoms with Gasteiger partial charge in [-0.2, -0.15) is 0 Å². The quantitative estimate of drug-likeness (QED) is 0.595. The number of hydrogen-bond donors (Lipinski definition) is 1. The van der Waals surface area contributed by atoms with Gasteiger partial charge in [-0.3, -0.25) is 14.6 Å². The number of nitrogens with zero attached hydrogens (tertiary/aromatic N) is 2. The molecule has 2 heterocycles. The predicted octanol–water partition coefficient (Wildman–Crippen LogP) is 2.80.